The van der Waals surface area contributed by atoms with Gasteiger partial charge < -0.3 is 10.1 Å². The topological polar surface area (TPSA) is 21.3 Å². The van der Waals surface area contributed by atoms with Crippen molar-refractivity contribution in [3.05, 3.63) is 27.7 Å². The summed E-state index contributed by atoms with van der Waals surface area (Å²) in [6, 6.07) is 5.07. The number of hydrogen-bond acceptors (Lipinski definition) is 2. The SMILES string of the molecule is CCc1c(Br)cc(CC2CCCCN2)cc1OC. The monoisotopic (exact) mass is 311 g/mol. The summed E-state index contributed by atoms with van der Waals surface area (Å²) in [6.07, 6.45) is 6.04. The molecule has 100 valence electrons. The molecular weight excluding hydrogens is 290 g/mol. The fraction of sp³-hybridized carbons (Fsp3) is 0.600. The average molecular weight is 312 g/mol. The molecule has 2 rings (SSSR count). The van der Waals surface area contributed by atoms with Gasteiger partial charge in [-0.1, -0.05) is 29.3 Å². The van der Waals surface area contributed by atoms with Crippen LogP contribution < -0.4 is 10.1 Å². The second kappa shape index (κ2) is 6.58. The second-order valence-corrected chi connectivity index (χ2v) is 5.82. The number of piperidine rings is 1. The zero-order valence-corrected chi connectivity index (χ0v) is 12.8. The predicted molar refractivity (Wildman–Crippen MR) is 79.4 cm³/mol. The highest BCUT2D eigenvalue weighted by atomic mass is 79.9. The van der Waals surface area contributed by atoms with E-state index in [1.165, 1.54) is 34.9 Å². The predicted octanol–water partition coefficient (Wildman–Crippen LogP) is 3.70. The zero-order chi connectivity index (χ0) is 13.0. The van der Waals surface area contributed by atoms with E-state index in [4.69, 9.17) is 4.74 Å². The first kappa shape index (κ1) is 13.9. The zero-order valence-electron chi connectivity index (χ0n) is 11.3. The first-order chi connectivity index (χ1) is 8.74. The van der Waals surface area contributed by atoms with Crippen LogP contribution in [-0.4, -0.2) is 19.7 Å². The number of rotatable bonds is 4. The summed E-state index contributed by atoms with van der Waals surface area (Å²) in [6.45, 7) is 3.32. The van der Waals surface area contributed by atoms with Crippen molar-refractivity contribution in [2.75, 3.05) is 13.7 Å². The molecule has 1 heterocycles. The van der Waals surface area contributed by atoms with Crippen LogP contribution in [0.15, 0.2) is 16.6 Å². The van der Waals surface area contributed by atoms with Crippen molar-refractivity contribution in [2.24, 2.45) is 0 Å². The number of benzene rings is 1. The van der Waals surface area contributed by atoms with Gasteiger partial charge in [-0.25, -0.2) is 0 Å². The van der Waals surface area contributed by atoms with Gasteiger partial charge in [-0.15, -0.1) is 0 Å². The van der Waals surface area contributed by atoms with Gasteiger partial charge in [-0.2, -0.15) is 0 Å². The van der Waals surface area contributed by atoms with Crippen molar-refractivity contribution in [3.63, 3.8) is 0 Å². The molecule has 3 heteroatoms. The quantitative estimate of drug-likeness (QED) is 0.915. The molecule has 1 aliphatic heterocycles. The second-order valence-electron chi connectivity index (χ2n) is 4.96. The largest absolute Gasteiger partial charge is 0.496 e. The first-order valence-electron chi connectivity index (χ1n) is 6.83. The Bertz CT molecular complexity index is 400. The lowest BCUT2D eigenvalue weighted by atomic mass is 9.96. The molecule has 0 radical (unpaired) electrons. The molecule has 1 aliphatic rings. The van der Waals surface area contributed by atoms with Crippen LogP contribution in [0.5, 0.6) is 5.75 Å². The molecule has 18 heavy (non-hydrogen) atoms. The third-order valence-corrected chi connectivity index (χ3v) is 4.39. The van der Waals surface area contributed by atoms with Gasteiger partial charge in [0.15, 0.2) is 0 Å². The van der Waals surface area contributed by atoms with E-state index >= 15 is 0 Å². The molecule has 0 saturated carbocycles. The fourth-order valence-electron chi connectivity index (χ4n) is 2.69. The van der Waals surface area contributed by atoms with E-state index in [2.05, 4.69) is 40.3 Å². The Morgan fingerprint density at radius 2 is 2.22 bits per heavy atom. The van der Waals surface area contributed by atoms with Crippen LogP contribution in [0.25, 0.3) is 0 Å². The molecule has 0 aliphatic carbocycles. The molecule has 0 bridgehead atoms. The summed E-state index contributed by atoms with van der Waals surface area (Å²) in [7, 11) is 1.75. The van der Waals surface area contributed by atoms with Gasteiger partial charge in [0.25, 0.3) is 0 Å². The maximum absolute atomic E-state index is 5.50. The molecule has 1 N–H and O–H groups in total. The fourth-order valence-corrected chi connectivity index (χ4v) is 3.46. The van der Waals surface area contributed by atoms with E-state index in [0.29, 0.717) is 6.04 Å². The van der Waals surface area contributed by atoms with E-state index in [0.717, 1.165) is 25.1 Å². The Labute approximate surface area is 118 Å². The highest BCUT2D eigenvalue weighted by Crippen LogP contribution is 2.30. The number of methoxy groups -OCH3 is 1. The molecule has 0 spiro atoms. The van der Waals surface area contributed by atoms with Crippen molar-refractivity contribution in [1.82, 2.24) is 5.32 Å². The van der Waals surface area contributed by atoms with Crippen LogP contribution in [0, 0.1) is 0 Å². The van der Waals surface area contributed by atoms with Crippen molar-refractivity contribution in [2.45, 2.75) is 45.1 Å². The minimum absolute atomic E-state index is 0.628. The van der Waals surface area contributed by atoms with E-state index in [1.807, 2.05) is 0 Å². The van der Waals surface area contributed by atoms with Crippen LogP contribution in [0.4, 0.5) is 0 Å². The summed E-state index contributed by atoms with van der Waals surface area (Å²) >= 11 is 3.66. The summed E-state index contributed by atoms with van der Waals surface area (Å²) in [5.41, 5.74) is 2.62. The Morgan fingerprint density at radius 3 is 2.83 bits per heavy atom. The number of ether oxygens (including phenoxy) is 1. The smallest absolute Gasteiger partial charge is 0.123 e. The highest BCUT2D eigenvalue weighted by molar-refractivity contribution is 9.10. The van der Waals surface area contributed by atoms with Crippen molar-refractivity contribution in [3.8, 4) is 5.75 Å². The lowest BCUT2D eigenvalue weighted by Crippen LogP contribution is -2.35. The third kappa shape index (κ3) is 3.27. The van der Waals surface area contributed by atoms with Gasteiger partial charge in [0.05, 0.1) is 7.11 Å². The van der Waals surface area contributed by atoms with Gasteiger partial charge in [0, 0.05) is 16.1 Å². The Kier molecular flexibility index (Phi) is 5.07. The van der Waals surface area contributed by atoms with E-state index in [1.54, 1.807) is 7.11 Å². The minimum atomic E-state index is 0.628. The molecule has 0 aromatic heterocycles. The van der Waals surface area contributed by atoms with Gasteiger partial charge in [0.2, 0.25) is 0 Å². The third-order valence-electron chi connectivity index (χ3n) is 3.68. The van der Waals surface area contributed by atoms with Crippen LogP contribution >= 0.6 is 15.9 Å². The molecular formula is C15H22BrNO. The van der Waals surface area contributed by atoms with Gasteiger partial charge in [-0.3, -0.25) is 0 Å². The summed E-state index contributed by atoms with van der Waals surface area (Å²) in [5, 5.41) is 3.60. The van der Waals surface area contributed by atoms with Gasteiger partial charge in [-0.05, 0) is 49.9 Å². The van der Waals surface area contributed by atoms with E-state index < -0.39 is 0 Å². The maximum atomic E-state index is 5.50. The van der Waals surface area contributed by atoms with Gasteiger partial charge in [0.1, 0.15) is 5.75 Å². The number of halogens is 1. The van der Waals surface area contributed by atoms with E-state index in [-0.39, 0.29) is 0 Å². The molecule has 0 amide bonds. The van der Waals surface area contributed by atoms with Crippen LogP contribution in [0.3, 0.4) is 0 Å². The lowest BCUT2D eigenvalue weighted by Gasteiger charge is -2.24. The molecule has 1 aromatic carbocycles. The summed E-state index contributed by atoms with van der Waals surface area (Å²) < 4.78 is 6.67. The highest BCUT2D eigenvalue weighted by Gasteiger charge is 2.15. The van der Waals surface area contributed by atoms with Crippen LogP contribution in [0.2, 0.25) is 0 Å². The summed E-state index contributed by atoms with van der Waals surface area (Å²) in [5.74, 6) is 1.01. The Balaban J connectivity index is 2.15. The lowest BCUT2D eigenvalue weighted by molar-refractivity contribution is 0.395. The molecule has 1 aromatic rings. The molecule has 2 nitrogen and oxygen atoms in total. The van der Waals surface area contributed by atoms with Crippen molar-refractivity contribution >= 4 is 15.9 Å². The number of nitrogens with one attached hydrogen (secondary N) is 1. The normalized spacial score (nSPS) is 19.8. The van der Waals surface area contributed by atoms with Crippen molar-refractivity contribution in [1.29, 1.82) is 0 Å². The van der Waals surface area contributed by atoms with Crippen LogP contribution in [0.1, 0.15) is 37.3 Å². The standard InChI is InChI=1S/C15H22BrNO/c1-3-13-14(16)9-11(10-15(13)18-2)8-12-6-4-5-7-17-12/h9-10,12,17H,3-8H2,1-2H3. The minimum Gasteiger partial charge on any atom is -0.496 e. The molecule has 1 fully saturated rings. The Morgan fingerprint density at radius 1 is 1.39 bits per heavy atom. The molecule has 1 saturated heterocycles. The Hall–Kier alpha value is -0.540. The molecule has 1 atom stereocenters. The number of hydrogen-bond donors (Lipinski definition) is 1. The van der Waals surface area contributed by atoms with Crippen molar-refractivity contribution < 1.29 is 4.74 Å². The molecule has 1 unspecified atom stereocenters. The first-order valence-corrected chi connectivity index (χ1v) is 7.62. The summed E-state index contributed by atoms with van der Waals surface area (Å²) in [4.78, 5) is 0. The maximum Gasteiger partial charge on any atom is 0.123 e. The van der Waals surface area contributed by atoms with Gasteiger partial charge >= 0.3 is 0 Å². The average Bonchev–Trinajstić information content (AvgIpc) is 2.39. The van der Waals surface area contributed by atoms with Crippen LogP contribution in [-0.2, 0) is 12.8 Å². The van der Waals surface area contributed by atoms with E-state index in [9.17, 15) is 0 Å².